The second kappa shape index (κ2) is 12.5. The molecule has 2 heterocycles. The Morgan fingerprint density at radius 3 is 2.86 bits per heavy atom. The first-order valence-corrected chi connectivity index (χ1v) is 12.0. The molecule has 0 atom stereocenters. The number of nitrogens with one attached hydrogen (secondary N) is 1. The molecule has 0 aliphatic carbocycles. The first-order chi connectivity index (χ1) is 17.1. The lowest BCUT2D eigenvalue weighted by atomic mass is 10.1. The summed E-state index contributed by atoms with van der Waals surface area (Å²) in [4.78, 5) is 18.8. The molecule has 0 spiro atoms. The average Bonchev–Trinajstić information content (AvgIpc) is 3.36. The smallest absolute Gasteiger partial charge is 0.220 e. The Hall–Kier alpha value is -3.23. The van der Waals surface area contributed by atoms with Crippen molar-refractivity contribution in [3.8, 4) is 17.1 Å². The number of ether oxygens (including phenoxy) is 2. The van der Waals surface area contributed by atoms with Crippen LogP contribution in [0.4, 0.5) is 4.39 Å². The summed E-state index contributed by atoms with van der Waals surface area (Å²) in [6.45, 7) is 3.52. The highest BCUT2D eigenvalue weighted by atomic mass is 19.1. The van der Waals surface area contributed by atoms with Crippen LogP contribution >= 0.6 is 0 Å². The van der Waals surface area contributed by atoms with E-state index in [1.807, 2.05) is 24.3 Å². The van der Waals surface area contributed by atoms with Gasteiger partial charge in [0, 0.05) is 45.2 Å². The van der Waals surface area contributed by atoms with Crippen molar-refractivity contribution in [2.24, 2.45) is 0 Å². The number of hydrogen-bond acceptors (Lipinski definition) is 6. The van der Waals surface area contributed by atoms with Crippen LogP contribution in [0.1, 0.15) is 30.7 Å². The van der Waals surface area contributed by atoms with Crippen molar-refractivity contribution in [2.75, 3.05) is 33.4 Å². The second-order valence-electron chi connectivity index (χ2n) is 8.69. The molecule has 186 valence electrons. The molecule has 4 rings (SSSR count). The van der Waals surface area contributed by atoms with Gasteiger partial charge in [0.15, 0.2) is 11.7 Å². The van der Waals surface area contributed by atoms with Gasteiger partial charge in [-0.1, -0.05) is 24.3 Å². The standard InChI is InChI=1S/C27H32FN3O4/c1-31(21-11-14-33-15-12-21)13-16-34-22-6-4-5-20(17-22)18-29-26(32)9-10-27-30-19-25(35-27)23-7-2-3-8-24(23)28/h2-8,17,19,21H,9-16,18H2,1H3,(H,29,32). The zero-order chi connectivity index (χ0) is 24.5. The van der Waals surface area contributed by atoms with Gasteiger partial charge in [0.1, 0.15) is 18.2 Å². The molecule has 3 aromatic rings. The lowest BCUT2D eigenvalue weighted by molar-refractivity contribution is -0.121. The van der Waals surface area contributed by atoms with Crippen molar-refractivity contribution in [1.29, 1.82) is 0 Å². The molecule has 0 unspecified atom stereocenters. The Bertz CT molecular complexity index is 1100. The fraction of sp³-hybridized carbons (Fsp3) is 0.407. The minimum absolute atomic E-state index is 0.111. The molecule has 0 bridgehead atoms. The summed E-state index contributed by atoms with van der Waals surface area (Å²) in [5.74, 6) is 1.07. The number of carbonyl (C=O) groups is 1. The number of aromatic nitrogens is 1. The van der Waals surface area contributed by atoms with Gasteiger partial charge in [0.2, 0.25) is 5.91 Å². The highest BCUT2D eigenvalue weighted by Gasteiger charge is 2.18. The van der Waals surface area contributed by atoms with Crippen molar-refractivity contribution in [2.45, 2.75) is 38.3 Å². The fourth-order valence-corrected chi connectivity index (χ4v) is 4.08. The molecule has 1 aliphatic rings. The zero-order valence-corrected chi connectivity index (χ0v) is 20.0. The second-order valence-corrected chi connectivity index (χ2v) is 8.69. The predicted molar refractivity (Wildman–Crippen MR) is 130 cm³/mol. The monoisotopic (exact) mass is 481 g/mol. The Labute approximate surface area is 205 Å². The van der Waals surface area contributed by atoms with Gasteiger partial charge in [0.05, 0.1) is 11.8 Å². The van der Waals surface area contributed by atoms with Gasteiger partial charge >= 0.3 is 0 Å². The number of amides is 1. The predicted octanol–water partition coefficient (Wildman–Crippen LogP) is 4.22. The van der Waals surface area contributed by atoms with Crippen molar-refractivity contribution >= 4 is 5.91 Å². The normalized spacial score (nSPS) is 14.3. The Morgan fingerprint density at radius 2 is 2.03 bits per heavy atom. The van der Waals surface area contributed by atoms with Gasteiger partial charge in [-0.05, 0) is 49.7 Å². The van der Waals surface area contributed by atoms with Crippen LogP contribution in [0.25, 0.3) is 11.3 Å². The van der Waals surface area contributed by atoms with E-state index >= 15 is 0 Å². The minimum atomic E-state index is -0.370. The SMILES string of the molecule is CN(CCOc1cccc(CNC(=O)CCc2ncc(-c3ccccc3F)o2)c1)C1CCOCC1. The van der Waals surface area contributed by atoms with Crippen LogP contribution < -0.4 is 10.1 Å². The van der Waals surface area contributed by atoms with Crippen LogP contribution in [0.5, 0.6) is 5.75 Å². The molecule has 1 aromatic heterocycles. The van der Waals surface area contributed by atoms with E-state index in [0.717, 1.165) is 43.9 Å². The van der Waals surface area contributed by atoms with Crippen molar-refractivity contribution in [3.05, 3.63) is 72.0 Å². The average molecular weight is 482 g/mol. The molecule has 1 N–H and O–H groups in total. The first kappa shape index (κ1) is 24.9. The number of oxazole rings is 1. The molecule has 7 nitrogen and oxygen atoms in total. The lowest BCUT2D eigenvalue weighted by Gasteiger charge is -2.31. The summed E-state index contributed by atoms with van der Waals surface area (Å²) < 4.78 is 30.9. The summed E-state index contributed by atoms with van der Waals surface area (Å²) in [6, 6.07) is 14.7. The van der Waals surface area contributed by atoms with E-state index in [1.54, 1.807) is 18.2 Å². The molecule has 1 amide bonds. The summed E-state index contributed by atoms with van der Waals surface area (Å²) >= 11 is 0. The lowest BCUT2D eigenvalue weighted by Crippen LogP contribution is -2.38. The van der Waals surface area contributed by atoms with Gasteiger partial charge in [-0.3, -0.25) is 9.69 Å². The molecule has 8 heteroatoms. The van der Waals surface area contributed by atoms with E-state index < -0.39 is 0 Å². The third-order valence-electron chi connectivity index (χ3n) is 6.17. The van der Waals surface area contributed by atoms with Crippen LogP contribution in [-0.4, -0.2) is 55.2 Å². The largest absolute Gasteiger partial charge is 0.492 e. The summed E-state index contributed by atoms with van der Waals surface area (Å²) in [5.41, 5.74) is 1.32. The van der Waals surface area contributed by atoms with Crippen LogP contribution in [0, 0.1) is 5.82 Å². The zero-order valence-electron chi connectivity index (χ0n) is 20.0. The van der Waals surface area contributed by atoms with Crippen LogP contribution in [0.15, 0.2) is 59.1 Å². The number of carbonyl (C=O) groups excluding carboxylic acids is 1. The maximum atomic E-state index is 13.9. The Morgan fingerprint density at radius 1 is 1.20 bits per heavy atom. The molecule has 2 aromatic carbocycles. The van der Waals surface area contributed by atoms with Gasteiger partial charge in [0.25, 0.3) is 0 Å². The topological polar surface area (TPSA) is 76.8 Å². The van der Waals surface area contributed by atoms with Crippen molar-refractivity contribution in [1.82, 2.24) is 15.2 Å². The van der Waals surface area contributed by atoms with E-state index in [-0.39, 0.29) is 18.1 Å². The summed E-state index contributed by atoms with van der Waals surface area (Å²) in [6.07, 6.45) is 4.18. The molecule has 35 heavy (non-hydrogen) atoms. The van der Waals surface area contributed by atoms with E-state index in [9.17, 15) is 9.18 Å². The van der Waals surface area contributed by atoms with Crippen LogP contribution in [0.2, 0.25) is 0 Å². The minimum Gasteiger partial charge on any atom is -0.492 e. The summed E-state index contributed by atoms with van der Waals surface area (Å²) in [7, 11) is 2.13. The first-order valence-electron chi connectivity index (χ1n) is 12.0. The fourth-order valence-electron chi connectivity index (χ4n) is 4.08. The number of likely N-dealkylation sites (N-methyl/N-ethyl adjacent to an activating group) is 1. The highest BCUT2D eigenvalue weighted by Crippen LogP contribution is 2.23. The maximum Gasteiger partial charge on any atom is 0.220 e. The van der Waals surface area contributed by atoms with Crippen molar-refractivity contribution < 1.29 is 23.1 Å². The molecular formula is C27H32FN3O4. The third-order valence-corrected chi connectivity index (χ3v) is 6.17. The van der Waals surface area contributed by atoms with Crippen LogP contribution in [-0.2, 0) is 22.5 Å². The highest BCUT2D eigenvalue weighted by molar-refractivity contribution is 5.76. The Kier molecular flexibility index (Phi) is 8.86. The molecule has 0 radical (unpaired) electrons. The van der Waals surface area contributed by atoms with Gasteiger partial charge in [-0.2, -0.15) is 0 Å². The van der Waals surface area contributed by atoms with Crippen LogP contribution in [0.3, 0.4) is 0 Å². The van der Waals surface area contributed by atoms with Crippen molar-refractivity contribution in [3.63, 3.8) is 0 Å². The Balaban J connectivity index is 1.18. The molecule has 0 saturated carbocycles. The molecular weight excluding hydrogens is 449 g/mol. The molecule has 1 saturated heterocycles. The number of aryl methyl sites for hydroxylation is 1. The van der Waals surface area contributed by atoms with E-state index in [4.69, 9.17) is 13.9 Å². The molecule has 1 fully saturated rings. The van der Waals surface area contributed by atoms with Gasteiger partial charge in [-0.15, -0.1) is 0 Å². The van der Waals surface area contributed by atoms with E-state index in [0.29, 0.717) is 42.8 Å². The summed E-state index contributed by atoms with van der Waals surface area (Å²) in [5, 5.41) is 2.92. The number of hydrogen-bond donors (Lipinski definition) is 1. The van der Waals surface area contributed by atoms with E-state index in [2.05, 4.69) is 22.2 Å². The molecule has 1 aliphatic heterocycles. The maximum absolute atomic E-state index is 13.9. The quantitative estimate of drug-likeness (QED) is 0.442. The number of rotatable bonds is 11. The van der Waals surface area contributed by atoms with Gasteiger partial charge < -0.3 is 19.2 Å². The number of benzene rings is 2. The van der Waals surface area contributed by atoms with Gasteiger partial charge in [-0.25, -0.2) is 9.37 Å². The number of nitrogens with zero attached hydrogens (tertiary/aromatic N) is 2. The third kappa shape index (κ3) is 7.37. The van der Waals surface area contributed by atoms with E-state index in [1.165, 1.54) is 12.3 Å². The number of halogens is 1.